The summed E-state index contributed by atoms with van der Waals surface area (Å²) in [5.41, 5.74) is 0.557. The van der Waals surface area contributed by atoms with E-state index in [0.717, 1.165) is 0 Å². The van der Waals surface area contributed by atoms with Gasteiger partial charge in [0.1, 0.15) is 11.6 Å². The van der Waals surface area contributed by atoms with Gasteiger partial charge in [-0.15, -0.1) is 0 Å². The largest absolute Gasteiger partial charge is 0.495 e. The Labute approximate surface area is 162 Å². The number of amides is 2. The predicted octanol–water partition coefficient (Wildman–Crippen LogP) is 1.97. The Kier molecular flexibility index (Phi) is 7.15. The molecule has 144 valence electrons. The number of hydrogen-bond acceptors (Lipinski definition) is 3. The lowest BCUT2D eigenvalue weighted by Crippen LogP contribution is -3.14. The van der Waals surface area contributed by atoms with Crippen molar-refractivity contribution in [3.05, 3.63) is 53.3 Å². The van der Waals surface area contributed by atoms with Crippen molar-refractivity contribution in [3.63, 3.8) is 0 Å². The molecule has 2 rings (SSSR count). The Balaban J connectivity index is 1.96. The van der Waals surface area contributed by atoms with Crippen molar-refractivity contribution in [2.45, 2.75) is 13.0 Å². The van der Waals surface area contributed by atoms with Crippen LogP contribution in [0.1, 0.15) is 6.92 Å². The van der Waals surface area contributed by atoms with Crippen LogP contribution in [0.4, 0.5) is 15.8 Å². The predicted molar refractivity (Wildman–Crippen MR) is 103 cm³/mol. The van der Waals surface area contributed by atoms with E-state index in [0.29, 0.717) is 21.4 Å². The van der Waals surface area contributed by atoms with E-state index in [1.54, 1.807) is 44.3 Å². The maximum atomic E-state index is 13.7. The fraction of sp³-hybridized carbons (Fsp3) is 0.263. The Hall–Kier alpha value is -2.64. The Morgan fingerprint density at radius 3 is 2.56 bits per heavy atom. The topological polar surface area (TPSA) is 71.9 Å². The van der Waals surface area contributed by atoms with Crippen LogP contribution < -0.4 is 20.3 Å². The highest BCUT2D eigenvalue weighted by Gasteiger charge is 2.25. The molecular weight excluding hydrogens is 373 g/mol. The fourth-order valence-corrected chi connectivity index (χ4v) is 2.58. The molecule has 2 amide bonds. The first-order chi connectivity index (χ1) is 12.8. The molecule has 0 fully saturated rings. The van der Waals surface area contributed by atoms with Gasteiger partial charge in [-0.1, -0.05) is 23.7 Å². The van der Waals surface area contributed by atoms with E-state index in [4.69, 9.17) is 16.3 Å². The summed E-state index contributed by atoms with van der Waals surface area (Å²) >= 11 is 5.95. The van der Waals surface area contributed by atoms with E-state index in [9.17, 15) is 14.0 Å². The highest BCUT2D eigenvalue weighted by molar-refractivity contribution is 6.31. The number of rotatable bonds is 7. The molecule has 0 saturated carbocycles. The molecule has 2 aromatic rings. The third-order valence-corrected chi connectivity index (χ3v) is 4.37. The number of methoxy groups -OCH3 is 1. The number of carbonyl (C=O) groups is 2. The number of quaternary nitrogens is 1. The number of benzene rings is 2. The van der Waals surface area contributed by atoms with Crippen LogP contribution in [0.3, 0.4) is 0 Å². The van der Waals surface area contributed by atoms with Gasteiger partial charge in [0.2, 0.25) is 0 Å². The van der Waals surface area contributed by atoms with E-state index in [2.05, 4.69) is 10.6 Å². The molecule has 2 atom stereocenters. The van der Waals surface area contributed by atoms with Gasteiger partial charge in [0.05, 0.1) is 25.5 Å². The molecule has 0 spiro atoms. The molecular formula is C19H22ClFN3O3+. The number of halogens is 2. The summed E-state index contributed by atoms with van der Waals surface area (Å²) in [6.45, 7) is 1.69. The van der Waals surface area contributed by atoms with Crippen molar-refractivity contribution in [2.24, 2.45) is 0 Å². The Bertz CT molecular complexity index is 832. The molecule has 0 bridgehead atoms. The van der Waals surface area contributed by atoms with Crippen LogP contribution in [-0.2, 0) is 9.59 Å². The summed E-state index contributed by atoms with van der Waals surface area (Å²) in [5.74, 6) is -0.721. The maximum Gasteiger partial charge on any atom is 0.282 e. The zero-order chi connectivity index (χ0) is 20.0. The number of hydrogen-bond donors (Lipinski definition) is 3. The van der Waals surface area contributed by atoms with E-state index in [1.807, 2.05) is 0 Å². The van der Waals surface area contributed by atoms with Gasteiger partial charge in [-0.25, -0.2) is 4.39 Å². The van der Waals surface area contributed by atoms with Crippen molar-refractivity contribution >= 4 is 34.8 Å². The molecule has 3 N–H and O–H groups in total. The van der Waals surface area contributed by atoms with Crippen LogP contribution in [0.25, 0.3) is 0 Å². The first-order valence-electron chi connectivity index (χ1n) is 8.33. The fourth-order valence-electron chi connectivity index (χ4n) is 2.41. The average molecular weight is 395 g/mol. The molecule has 0 aromatic heterocycles. The van der Waals surface area contributed by atoms with E-state index in [1.165, 1.54) is 19.2 Å². The van der Waals surface area contributed by atoms with Gasteiger partial charge in [-0.2, -0.15) is 0 Å². The van der Waals surface area contributed by atoms with E-state index < -0.39 is 11.9 Å². The van der Waals surface area contributed by atoms with Crippen molar-refractivity contribution in [1.82, 2.24) is 0 Å². The van der Waals surface area contributed by atoms with Crippen LogP contribution in [-0.4, -0.2) is 38.6 Å². The van der Waals surface area contributed by atoms with Crippen LogP contribution in [0.15, 0.2) is 42.5 Å². The third-order valence-electron chi connectivity index (χ3n) is 4.14. The minimum Gasteiger partial charge on any atom is -0.495 e. The van der Waals surface area contributed by atoms with Gasteiger partial charge in [0.15, 0.2) is 12.6 Å². The van der Waals surface area contributed by atoms with Crippen molar-refractivity contribution in [1.29, 1.82) is 0 Å². The number of carbonyl (C=O) groups excluding carboxylic acids is 2. The van der Waals surface area contributed by atoms with Crippen molar-refractivity contribution in [3.8, 4) is 5.75 Å². The molecule has 0 heterocycles. The molecule has 6 nitrogen and oxygen atoms in total. The summed E-state index contributed by atoms with van der Waals surface area (Å²) < 4.78 is 18.9. The first-order valence-corrected chi connectivity index (χ1v) is 8.70. The number of anilines is 2. The molecule has 0 aliphatic heterocycles. The SMILES string of the molecule is COc1ccc(Cl)cc1NC(=O)C[NH+](C)[C@H](C)C(=O)Nc1ccccc1F. The normalized spacial score (nSPS) is 12.8. The zero-order valence-corrected chi connectivity index (χ0v) is 16.1. The van der Waals surface area contributed by atoms with Gasteiger partial charge in [0.25, 0.3) is 11.8 Å². The number of ether oxygens (including phenoxy) is 1. The summed E-state index contributed by atoms with van der Waals surface area (Å²) in [6.07, 6.45) is 0. The van der Waals surface area contributed by atoms with Gasteiger partial charge in [-0.3, -0.25) is 9.59 Å². The molecule has 0 aliphatic carbocycles. The van der Waals surface area contributed by atoms with Gasteiger partial charge < -0.3 is 20.3 Å². The Morgan fingerprint density at radius 2 is 1.89 bits per heavy atom. The minimum atomic E-state index is -0.573. The summed E-state index contributed by atoms with van der Waals surface area (Å²) in [5, 5.41) is 5.72. The lowest BCUT2D eigenvalue weighted by atomic mass is 10.2. The second-order valence-corrected chi connectivity index (χ2v) is 6.54. The minimum absolute atomic E-state index is 0.0293. The second-order valence-electron chi connectivity index (χ2n) is 6.11. The molecule has 0 aliphatic rings. The van der Waals surface area contributed by atoms with E-state index >= 15 is 0 Å². The second kappa shape index (κ2) is 9.34. The molecule has 0 saturated heterocycles. The number of nitrogens with one attached hydrogen (secondary N) is 3. The lowest BCUT2D eigenvalue weighted by molar-refractivity contribution is -0.885. The number of likely N-dealkylation sites (N-methyl/N-ethyl adjacent to an activating group) is 1. The van der Waals surface area contributed by atoms with Gasteiger partial charge in [-0.05, 0) is 37.3 Å². The summed E-state index contributed by atoms with van der Waals surface area (Å²) in [6, 6.07) is 10.2. The molecule has 1 unspecified atom stereocenters. The highest BCUT2D eigenvalue weighted by Crippen LogP contribution is 2.27. The summed E-state index contributed by atoms with van der Waals surface area (Å²) in [7, 11) is 3.20. The molecule has 0 radical (unpaired) electrons. The third kappa shape index (κ3) is 5.67. The van der Waals surface area contributed by atoms with Gasteiger partial charge in [0, 0.05) is 5.02 Å². The molecule has 2 aromatic carbocycles. The Morgan fingerprint density at radius 1 is 1.19 bits per heavy atom. The zero-order valence-electron chi connectivity index (χ0n) is 15.3. The van der Waals surface area contributed by atoms with E-state index in [-0.39, 0.29) is 24.0 Å². The lowest BCUT2D eigenvalue weighted by Gasteiger charge is -2.21. The van der Waals surface area contributed by atoms with Crippen LogP contribution >= 0.6 is 11.6 Å². The number of para-hydroxylation sites is 1. The van der Waals surface area contributed by atoms with Crippen LogP contribution in [0, 0.1) is 5.82 Å². The van der Waals surface area contributed by atoms with Crippen molar-refractivity contribution in [2.75, 3.05) is 31.3 Å². The van der Waals surface area contributed by atoms with Gasteiger partial charge >= 0.3 is 0 Å². The monoisotopic (exact) mass is 394 g/mol. The summed E-state index contributed by atoms with van der Waals surface area (Å²) in [4.78, 5) is 25.3. The molecule has 8 heteroatoms. The average Bonchev–Trinajstić information content (AvgIpc) is 2.63. The van der Waals surface area contributed by atoms with Crippen LogP contribution in [0.2, 0.25) is 5.02 Å². The quantitative estimate of drug-likeness (QED) is 0.672. The first kappa shape index (κ1) is 20.7. The highest BCUT2D eigenvalue weighted by atomic mass is 35.5. The molecule has 27 heavy (non-hydrogen) atoms. The maximum absolute atomic E-state index is 13.7. The standard InChI is InChI=1S/C19H21ClFN3O3/c1-12(19(26)23-15-7-5-4-6-14(15)21)24(2)11-18(25)22-16-10-13(20)8-9-17(16)27-3/h4-10,12H,11H2,1-3H3,(H,22,25)(H,23,26)/p+1/t12-/m1/s1. The van der Waals surface area contributed by atoms with Crippen molar-refractivity contribution < 1.29 is 23.6 Å². The smallest absolute Gasteiger partial charge is 0.282 e. The van der Waals surface area contributed by atoms with Crippen LogP contribution in [0.5, 0.6) is 5.75 Å².